The van der Waals surface area contributed by atoms with Crippen molar-refractivity contribution in [1.29, 1.82) is 0 Å². The zero-order valence-corrected chi connectivity index (χ0v) is 11.0. The number of hydrogen-bond acceptors (Lipinski definition) is 4. The van der Waals surface area contributed by atoms with Gasteiger partial charge in [0.2, 0.25) is 5.91 Å². The Labute approximate surface area is 107 Å². The Morgan fingerprint density at radius 3 is 2.72 bits per heavy atom. The molecule has 1 aromatic rings. The van der Waals surface area contributed by atoms with Gasteiger partial charge in [-0.25, -0.2) is 0 Å². The number of nitrogens with zero attached hydrogens (tertiary/aromatic N) is 3. The van der Waals surface area contributed by atoms with Crippen LogP contribution in [0.3, 0.4) is 0 Å². The van der Waals surface area contributed by atoms with E-state index in [1.165, 1.54) is 0 Å². The molecule has 102 valence electrons. The lowest BCUT2D eigenvalue weighted by molar-refractivity contribution is -0.122. The summed E-state index contributed by atoms with van der Waals surface area (Å²) >= 11 is 0. The first kappa shape index (κ1) is 14.6. The summed E-state index contributed by atoms with van der Waals surface area (Å²) in [5.74, 6) is 0.177. The summed E-state index contributed by atoms with van der Waals surface area (Å²) in [5.41, 5.74) is 0. The lowest BCUT2D eigenvalue weighted by Gasteiger charge is -2.20. The summed E-state index contributed by atoms with van der Waals surface area (Å²) in [6.45, 7) is 4.92. The molecule has 0 aliphatic carbocycles. The van der Waals surface area contributed by atoms with Gasteiger partial charge in [0.05, 0.1) is 18.8 Å². The van der Waals surface area contributed by atoms with E-state index in [4.69, 9.17) is 0 Å². The second kappa shape index (κ2) is 7.81. The predicted octanol–water partition coefficient (Wildman–Crippen LogP) is 0.581. The highest BCUT2D eigenvalue weighted by Gasteiger charge is 2.15. The van der Waals surface area contributed by atoms with Gasteiger partial charge in [-0.3, -0.25) is 9.48 Å². The number of aromatic nitrogens is 3. The first-order valence-corrected chi connectivity index (χ1v) is 6.46. The molecule has 6 heteroatoms. The van der Waals surface area contributed by atoms with Gasteiger partial charge in [0, 0.05) is 19.2 Å². The van der Waals surface area contributed by atoms with Crippen LogP contribution in [0, 0.1) is 5.92 Å². The third-order valence-electron chi connectivity index (χ3n) is 3.14. The molecule has 0 spiro atoms. The van der Waals surface area contributed by atoms with Crippen molar-refractivity contribution < 1.29 is 9.90 Å². The lowest BCUT2D eigenvalue weighted by atomic mass is 9.96. The van der Waals surface area contributed by atoms with E-state index in [-0.39, 0.29) is 11.8 Å². The van der Waals surface area contributed by atoms with Crippen molar-refractivity contribution in [3.05, 3.63) is 12.4 Å². The summed E-state index contributed by atoms with van der Waals surface area (Å²) in [7, 11) is 0. The summed E-state index contributed by atoms with van der Waals surface area (Å²) in [5, 5.41) is 20.0. The van der Waals surface area contributed by atoms with Crippen LogP contribution < -0.4 is 5.32 Å². The summed E-state index contributed by atoms with van der Waals surface area (Å²) < 4.78 is 1.61. The van der Waals surface area contributed by atoms with Gasteiger partial charge >= 0.3 is 0 Å². The van der Waals surface area contributed by atoms with Crippen LogP contribution in [0.5, 0.6) is 0 Å². The highest BCUT2D eigenvalue weighted by Crippen LogP contribution is 2.12. The molecule has 0 saturated heterocycles. The fourth-order valence-electron chi connectivity index (χ4n) is 1.87. The SMILES string of the molecule is CCC(CC)C(O)CNC(=O)CCn1ccnn1. The van der Waals surface area contributed by atoms with Gasteiger partial charge in [-0.1, -0.05) is 31.9 Å². The van der Waals surface area contributed by atoms with Crippen molar-refractivity contribution in [2.75, 3.05) is 6.54 Å². The minimum absolute atomic E-state index is 0.0736. The molecule has 0 aromatic carbocycles. The number of hydrogen-bond donors (Lipinski definition) is 2. The Balaban J connectivity index is 2.20. The van der Waals surface area contributed by atoms with Gasteiger partial charge in [-0.15, -0.1) is 5.10 Å². The van der Waals surface area contributed by atoms with E-state index in [9.17, 15) is 9.90 Å². The van der Waals surface area contributed by atoms with E-state index in [0.717, 1.165) is 12.8 Å². The van der Waals surface area contributed by atoms with E-state index >= 15 is 0 Å². The lowest BCUT2D eigenvalue weighted by Crippen LogP contribution is -2.36. The zero-order valence-electron chi connectivity index (χ0n) is 11.0. The van der Waals surface area contributed by atoms with Crippen molar-refractivity contribution in [2.45, 2.75) is 45.8 Å². The third kappa shape index (κ3) is 4.83. The van der Waals surface area contributed by atoms with Crippen LogP contribution >= 0.6 is 0 Å². The third-order valence-corrected chi connectivity index (χ3v) is 3.14. The first-order chi connectivity index (χ1) is 8.67. The molecule has 0 aliphatic heterocycles. The number of aliphatic hydroxyl groups excluding tert-OH is 1. The molecular weight excluding hydrogens is 232 g/mol. The van der Waals surface area contributed by atoms with Crippen LogP contribution in [0.4, 0.5) is 0 Å². The number of amides is 1. The molecule has 1 heterocycles. The maximum Gasteiger partial charge on any atom is 0.221 e. The topological polar surface area (TPSA) is 80.0 Å². The van der Waals surface area contributed by atoms with Gasteiger partial charge in [-0.05, 0) is 5.92 Å². The van der Waals surface area contributed by atoms with Gasteiger partial charge < -0.3 is 10.4 Å². The van der Waals surface area contributed by atoms with E-state index in [0.29, 0.717) is 19.5 Å². The van der Waals surface area contributed by atoms with E-state index in [2.05, 4.69) is 15.6 Å². The average Bonchev–Trinajstić information content (AvgIpc) is 2.88. The fourth-order valence-corrected chi connectivity index (χ4v) is 1.87. The molecule has 0 bridgehead atoms. The Morgan fingerprint density at radius 1 is 1.44 bits per heavy atom. The number of carbonyl (C=O) groups is 1. The number of aryl methyl sites for hydroxylation is 1. The van der Waals surface area contributed by atoms with Crippen LogP contribution in [-0.4, -0.2) is 38.7 Å². The molecule has 1 aromatic heterocycles. The average molecular weight is 254 g/mol. The molecule has 1 rings (SSSR count). The minimum atomic E-state index is -0.463. The van der Waals surface area contributed by atoms with Gasteiger partial charge in [0.1, 0.15) is 0 Å². The number of aliphatic hydroxyl groups is 1. The van der Waals surface area contributed by atoms with Crippen molar-refractivity contribution >= 4 is 5.91 Å². The minimum Gasteiger partial charge on any atom is -0.391 e. The van der Waals surface area contributed by atoms with Crippen molar-refractivity contribution in [3.8, 4) is 0 Å². The molecule has 1 atom stereocenters. The maximum atomic E-state index is 11.6. The number of rotatable bonds is 8. The van der Waals surface area contributed by atoms with Crippen molar-refractivity contribution in [1.82, 2.24) is 20.3 Å². The monoisotopic (exact) mass is 254 g/mol. The normalized spacial score (nSPS) is 12.7. The standard InChI is InChI=1S/C12H22N4O2/c1-3-10(4-2)11(17)9-13-12(18)5-7-16-8-6-14-15-16/h6,8,10-11,17H,3-5,7,9H2,1-2H3,(H,13,18). The van der Waals surface area contributed by atoms with E-state index in [1.54, 1.807) is 17.1 Å². The van der Waals surface area contributed by atoms with Crippen LogP contribution in [-0.2, 0) is 11.3 Å². The second-order valence-corrected chi connectivity index (χ2v) is 4.36. The van der Waals surface area contributed by atoms with E-state index < -0.39 is 6.10 Å². The van der Waals surface area contributed by atoms with E-state index in [1.807, 2.05) is 13.8 Å². The van der Waals surface area contributed by atoms with Crippen LogP contribution in [0.25, 0.3) is 0 Å². The Morgan fingerprint density at radius 2 is 2.17 bits per heavy atom. The van der Waals surface area contributed by atoms with Crippen LogP contribution in [0.2, 0.25) is 0 Å². The highest BCUT2D eigenvalue weighted by molar-refractivity contribution is 5.75. The largest absolute Gasteiger partial charge is 0.391 e. The van der Waals surface area contributed by atoms with Crippen molar-refractivity contribution in [2.24, 2.45) is 5.92 Å². The molecule has 0 fully saturated rings. The summed E-state index contributed by atoms with van der Waals surface area (Å²) in [6, 6.07) is 0. The van der Waals surface area contributed by atoms with Gasteiger partial charge in [0.25, 0.3) is 0 Å². The Hall–Kier alpha value is -1.43. The highest BCUT2D eigenvalue weighted by atomic mass is 16.3. The van der Waals surface area contributed by atoms with Gasteiger partial charge in [0.15, 0.2) is 0 Å². The quantitative estimate of drug-likeness (QED) is 0.711. The molecule has 0 saturated carbocycles. The first-order valence-electron chi connectivity index (χ1n) is 6.46. The molecule has 1 amide bonds. The van der Waals surface area contributed by atoms with Crippen LogP contribution in [0.1, 0.15) is 33.1 Å². The smallest absolute Gasteiger partial charge is 0.221 e. The Kier molecular flexibility index (Phi) is 6.35. The number of nitrogens with one attached hydrogen (secondary N) is 1. The van der Waals surface area contributed by atoms with Gasteiger partial charge in [-0.2, -0.15) is 0 Å². The maximum absolute atomic E-state index is 11.6. The predicted molar refractivity (Wildman–Crippen MR) is 67.7 cm³/mol. The number of carbonyl (C=O) groups excluding carboxylic acids is 1. The molecule has 6 nitrogen and oxygen atoms in total. The Bertz CT molecular complexity index is 336. The zero-order chi connectivity index (χ0) is 13.4. The molecule has 1 unspecified atom stereocenters. The van der Waals surface area contributed by atoms with Crippen LogP contribution in [0.15, 0.2) is 12.4 Å². The molecule has 2 N–H and O–H groups in total. The fraction of sp³-hybridized carbons (Fsp3) is 0.750. The summed E-state index contributed by atoms with van der Waals surface area (Å²) in [6.07, 6.45) is 5.02. The molecular formula is C12H22N4O2. The molecule has 18 heavy (non-hydrogen) atoms. The van der Waals surface area contributed by atoms with Crippen molar-refractivity contribution in [3.63, 3.8) is 0 Å². The summed E-state index contributed by atoms with van der Waals surface area (Å²) in [4.78, 5) is 11.6. The second-order valence-electron chi connectivity index (χ2n) is 4.36. The molecule has 0 aliphatic rings. The molecule has 0 radical (unpaired) electrons.